The van der Waals surface area contributed by atoms with E-state index in [-0.39, 0.29) is 17.2 Å². The molecule has 2 aromatic carbocycles. The number of hydrogen-bond acceptors (Lipinski definition) is 2. The first-order chi connectivity index (χ1) is 10.0. The lowest BCUT2D eigenvalue weighted by atomic mass is 9.94. The zero-order valence-corrected chi connectivity index (χ0v) is 13.1. The Morgan fingerprint density at radius 3 is 2.67 bits per heavy atom. The highest BCUT2D eigenvalue weighted by molar-refractivity contribution is 6.17. The van der Waals surface area contributed by atoms with E-state index in [0.29, 0.717) is 23.3 Å². The van der Waals surface area contributed by atoms with E-state index in [1.807, 2.05) is 38.1 Å². The summed E-state index contributed by atoms with van der Waals surface area (Å²) in [5, 5.41) is 14.9. The van der Waals surface area contributed by atoms with E-state index in [1.54, 1.807) is 12.1 Å². The second-order valence-corrected chi connectivity index (χ2v) is 5.87. The number of alkyl halides is 1. The number of fused-ring (bicyclic) bond motifs is 1. The highest BCUT2D eigenvalue weighted by Gasteiger charge is 2.25. The van der Waals surface area contributed by atoms with Crippen molar-refractivity contribution in [3.8, 4) is 5.75 Å². The van der Waals surface area contributed by atoms with Crippen molar-refractivity contribution in [3.63, 3.8) is 0 Å². The number of phenolic OH excluding ortho intramolecular Hbond substituents is 1. The number of phenols is 1. The summed E-state index contributed by atoms with van der Waals surface area (Å²) in [5.74, 6) is 0.233. The molecule has 0 saturated carbocycles. The second-order valence-electron chi connectivity index (χ2n) is 5.49. The summed E-state index contributed by atoms with van der Waals surface area (Å²) in [6.07, 6.45) is 1.46. The maximum atomic E-state index is 12.4. The van der Waals surface area contributed by atoms with Crippen LogP contribution in [-0.2, 0) is 0 Å². The molecule has 0 radical (unpaired) electrons. The molecule has 3 nitrogen and oxygen atoms in total. The first-order valence-electron chi connectivity index (χ1n) is 7.10. The van der Waals surface area contributed by atoms with Crippen LogP contribution in [-0.4, -0.2) is 22.4 Å². The van der Waals surface area contributed by atoms with Crippen LogP contribution in [0.1, 0.15) is 37.0 Å². The van der Waals surface area contributed by atoms with Crippen molar-refractivity contribution in [2.45, 2.75) is 32.2 Å². The molecule has 2 N–H and O–H groups in total. The van der Waals surface area contributed by atoms with Crippen LogP contribution in [0, 0.1) is 0 Å². The number of amides is 1. The van der Waals surface area contributed by atoms with E-state index in [0.717, 1.165) is 11.8 Å². The smallest absolute Gasteiger partial charge is 0.255 e. The number of aromatic hydroxyl groups is 1. The Hall–Kier alpha value is -1.74. The van der Waals surface area contributed by atoms with E-state index in [4.69, 9.17) is 11.6 Å². The van der Waals surface area contributed by atoms with Crippen LogP contribution in [0.4, 0.5) is 0 Å². The van der Waals surface area contributed by atoms with Crippen LogP contribution in [0.2, 0.25) is 0 Å². The van der Waals surface area contributed by atoms with Gasteiger partial charge in [0, 0.05) is 16.8 Å². The number of carbonyl (C=O) groups is 1. The second kappa shape index (κ2) is 6.35. The molecular weight excluding hydrogens is 286 g/mol. The van der Waals surface area contributed by atoms with Crippen molar-refractivity contribution in [2.24, 2.45) is 0 Å². The van der Waals surface area contributed by atoms with Gasteiger partial charge in [-0.2, -0.15) is 0 Å². The highest BCUT2D eigenvalue weighted by Crippen LogP contribution is 2.29. The number of rotatable bonds is 5. The maximum absolute atomic E-state index is 12.4. The fraction of sp³-hybridized carbons (Fsp3) is 0.353. The average molecular weight is 306 g/mol. The summed E-state index contributed by atoms with van der Waals surface area (Å²) < 4.78 is 0. The molecule has 0 fully saturated rings. The monoisotopic (exact) mass is 305 g/mol. The predicted octanol–water partition coefficient (Wildman–Crippen LogP) is 4.07. The standard InChI is InChI=1S/C17H20ClNO2/c1-3-17(2,10-11-18)19-16(21)14-9-8-12-6-4-5-7-13(12)15(14)20/h4-9,20H,3,10-11H2,1-2H3,(H,19,21). The van der Waals surface area contributed by atoms with Gasteiger partial charge in [-0.05, 0) is 31.2 Å². The first-order valence-corrected chi connectivity index (χ1v) is 7.63. The molecule has 2 rings (SSSR count). The Morgan fingerprint density at radius 1 is 1.29 bits per heavy atom. The molecule has 1 amide bonds. The Morgan fingerprint density at radius 2 is 2.00 bits per heavy atom. The molecule has 4 heteroatoms. The van der Waals surface area contributed by atoms with Crippen molar-refractivity contribution in [1.29, 1.82) is 0 Å². The van der Waals surface area contributed by atoms with Gasteiger partial charge in [0.15, 0.2) is 0 Å². The van der Waals surface area contributed by atoms with Crippen molar-refractivity contribution in [2.75, 3.05) is 5.88 Å². The zero-order chi connectivity index (χ0) is 15.5. The lowest BCUT2D eigenvalue weighted by Gasteiger charge is -2.29. The van der Waals surface area contributed by atoms with Crippen molar-refractivity contribution in [3.05, 3.63) is 42.0 Å². The third-order valence-electron chi connectivity index (χ3n) is 3.99. The highest BCUT2D eigenvalue weighted by atomic mass is 35.5. The molecule has 0 aliphatic carbocycles. The number of hydrogen-bond donors (Lipinski definition) is 2. The van der Waals surface area contributed by atoms with Gasteiger partial charge in [0.2, 0.25) is 0 Å². The third kappa shape index (κ3) is 3.30. The third-order valence-corrected chi connectivity index (χ3v) is 4.18. The number of halogens is 1. The Labute approximate surface area is 129 Å². The number of benzene rings is 2. The molecule has 2 aromatic rings. The molecule has 0 aromatic heterocycles. The summed E-state index contributed by atoms with van der Waals surface area (Å²) in [7, 11) is 0. The fourth-order valence-electron chi connectivity index (χ4n) is 2.32. The van der Waals surface area contributed by atoms with Crippen LogP contribution in [0.25, 0.3) is 10.8 Å². The maximum Gasteiger partial charge on any atom is 0.255 e. The van der Waals surface area contributed by atoms with Gasteiger partial charge in [0.05, 0.1) is 5.56 Å². The number of carbonyl (C=O) groups excluding carboxylic acids is 1. The van der Waals surface area contributed by atoms with Gasteiger partial charge in [-0.25, -0.2) is 0 Å². The number of nitrogens with one attached hydrogen (secondary N) is 1. The summed E-state index contributed by atoms with van der Waals surface area (Å²) >= 11 is 5.80. The Balaban J connectivity index is 2.33. The van der Waals surface area contributed by atoms with Gasteiger partial charge >= 0.3 is 0 Å². The molecule has 0 saturated heterocycles. The minimum atomic E-state index is -0.364. The zero-order valence-electron chi connectivity index (χ0n) is 12.3. The van der Waals surface area contributed by atoms with Gasteiger partial charge in [0.25, 0.3) is 5.91 Å². The molecule has 21 heavy (non-hydrogen) atoms. The summed E-state index contributed by atoms with van der Waals surface area (Å²) in [4.78, 5) is 12.4. The Bertz CT molecular complexity index is 656. The molecule has 1 unspecified atom stereocenters. The summed E-state index contributed by atoms with van der Waals surface area (Å²) in [5.41, 5.74) is -0.0698. The lowest BCUT2D eigenvalue weighted by molar-refractivity contribution is 0.0899. The predicted molar refractivity (Wildman–Crippen MR) is 87.1 cm³/mol. The Kier molecular flexibility index (Phi) is 4.73. The van der Waals surface area contributed by atoms with E-state index < -0.39 is 0 Å². The first kappa shape index (κ1) is 15.6. The van der Waals surface area contributed by atoms with Crippen molar-refractivity contribution in [1.82, 2.24) is 5.32 Å². The van der Waals surface area contributed by atoms with Crippen LogP contribution in [0.3, 0.4) is 0 Å². The van der Waals surface area contributed by atoms with Gasteiger partial charge in [-0.15, -0.1) is 11.6 Å². The molecule has 0 aliphatic rings. The van der Waals surface area contributed by atoms with Gasteiger partial charge in [-0.1, -0.05) is 37.3 Å². The molecule has 0 aliphatic heterocycles. The molecular formula is C17H20ClNO2. The van der Waals surface area contributed by atoms with Gasteiger partial charge < -0.3 is 10.4 Å². The SMILES string of the molecule is CCC(C)(CCCl)NC(=O)c1ccc2ccccc2c1O. The van der Waals surface area contributed by atoms with Crippen molar-refractivity contribution < 1.29 is 9.90 Å². The van der Waals surface area contributed by atoms with Crippen molar-refractivity contribution >= 4 is 28.3 Å². The largest absolute Gasteiger partial charge is 0.506 e. The van der Waals surface area contributed by atoms with Gasteiger partial charge in [0.1, 0.15) is 5.75 Å². The minimum Gasteiger partial charge on any atom is -0.506 e. The molecule has 1 atom stereocenters. The van der Waals surface area contributed by atoms with E-state index in [1.165, 1.54) is 0 Å². The fourth-order valence-corrected chi connectivity index (χ4v) is 2.73. The lowest BCUT2D eigenvalue weighted by Crippen LogP contribution is -2.45. The van der Waals surface area contributed by atoms with Crippen LogP contribution in [0.15, 0.2) is 36.4 Å². The molecule has 0 spiro atoms. The van der Waals surface area contributed by atoms with E-state index in [2.05, 4.69) is 5.32 Å². The quantitative estimate of drug-likeness (QED) is 0.818. The summed E-state index contributed by atoms with van der Waals surface area (Å²) in [6, 6.07) is 10.9. The normalized spacial score (nSPS) is 13.9. The van der Waals surface area contributed by atoms with Crippen LogP contribution >= 0.6 is 11.6 Å². The van der Waals surface area contributed by atoms with Gasteiger partial charge in [-0.3, -0.25) is 4.79 Å². The summed E-state index contributed by atoms with van der Waals surface area (Å²) in [6.45, 7) is 3.97. The molecule has 112 valence electrons. The average Bonchev–Trinajstić information content (AvgIpc) is 2.48. The van der Waals surface area contributed by atoms with E-state index in [9.17, 15) is 9.90 Å². The molecule has 0 bridgehead atoms. The van der Waals surface area contributed by atoms with E-state index >= 15 is 0 Å². The van der Waals surface area contributed by atoms with Crippen LogP contribution < -0.4 is 5.32 Å². The minimum absolute atomic E-state index is 0.0231. The van der Waals surface area contributed by atoms with Crippen LogP contribution in [0.5, 0.6) is 5.75 Å². The molecule has 0 heterocycles. The topological polar surface area (TPSA) is 49.3 Å².